The van der Waals surface area contributed by atoms with E-state index in [1.807, 2.05) is 0 Å². The van der Waals surface area contributed by atoms with Crippen LogP contribution in [0.1, 0.15) is 26.2 Å². The molecule has 0 amide bonds. The van der Waals surface area contributed by atoms with Crippen LogP contribution < -0.4 is 11.1 Å². The molecule has 2 fully saturated rings. The Kier molecular flexibility index (Phi) is 1.69. The fourth-order valence-corrected chi connectivity index (χ4v) is 2.50. The van der Waals surface area contributed by atoms with Crippen LogP contribution >= 0.6 is 0 Å². The summed E-state index contributed by atoms with van der Waals surface area (Å²) < 4.78 is 0. The lowest BCUT2D eigenvalue weighted by Crippen LogP contribution is -2.18. The van der Waals surface area contributed by atoms with Gasteiger partial charge in [-0.15, -0.1) is 0 Å². The first-order valence-corrected chi connectivity index (χ1v) is 4.69. The summed E-state index contributed by atoms with van der Waals surface area (Å²) in [5.41, 5.74) is 6.47. The van der Waals surface area contributed by atoms with Crippen molar-refractivity contribution in [1.82, 2.24) is 5.32 Å². The highest BCUT2D eigenvalue weighted by molar-refractivity contribution is 5.07. The van der Waals surface area contributed by atoms with E-state index in [9.17, 15) is 0 Å². The van der Waals surface area contributed by atoms with E-state index in [0.717, 1.165) is 5.92 Å². The standard InChI is InChI=1S/C9H18N2/c1-7(10)4-8-5-9(8)2-3-11-6-9/h7-8,11H,2-6,10H2,1H3. The lowest BCUT2D eigenvalue weighted by Gasteiger charge is -2.08. The molecule has 2 aliphatic rings. The van der Waals surface area contributed by atoms with Crippen LogP contribution in [0.4, 0.5) is 0 Å². The molecule has 1 aliphatic carbocycles. The summed E-state index contributed by atoms with van der Waals surface area (Å²) in [6.45, 7) is 4.61. The maximum Gasteiger partial charge on any atom is 0.00133 e. The fourth-order valence-electron chi connectivity index (χ4n) is 2.50. The van der Waals surface area contributed by atoms with Crippen molar-refractivity contribution >= 4 is 0 Å². The first-order chi connectivity index (χ1) is 5.23. The van der Waals surface area contributed by atoms with Gasteiger partial charge in [-0.05, 0) is 44.1 Å². The Hall–Kier alpha value is -0.0800. The molecule has 3 N–H and O–H groups in total. The topological polar surface area (TPSA) is 38.0 Å². The molecule has 11 heavy (non-hydrogen) atoms. The van der Waals surface area contributed by atoms with Gasteiger partial charge in [-0.25, -0.2) is 0 Å². The zero-order chi connectivity index (χ0) is 7.90. The molecule has 1 saturated carbocycles. The molecule has 1 spiro atoms. The minimum absolute atomic E-state index is 0.403. The van der Waals surface area contributed by atoms with Crippen molar-refractivity contribution in [3.63, 3.8) is 0 Å². The minimum Gasteiger partial charge on any atom is -0.328 e. The Morgan fingerprint density at radius 3 is 3.09 bits per heavy atom. The van der Waals surface area contributed by atoms with Crippen molar-refractivity contribution in [3.05, 3.63) is 0 Å². The summed E-state index contributed by atoms with van der Waals surface area (Å²) in [7, 11) is 0. The predicted molar refractivity (Wildman–Crippen MR) is 46.3 cm³/mol. The molecule has 0 aromatic heterocycles. The van der Waals surface area contributed by atoms with E-state index in [4.69, 9.17) is 5.73 Å². The van der Waals surface area contributed by atoms with Gasteiger partial charge in [0.25, 0.3) is 0 Å². The van der Waals surface area contributed by atoms with E-state index in [2.05, 4.69) is 12.2 Å². The molecule has 2 nitrogen and oxygen atoms in total. The van der Waals surface area contributed by atoms with Crippen molar-refractivity contribution in [3.8, 4) is 0 Å². The van der Waals surface area contributed by atoms with Gasteiger partial charge in [0.1, 0.15) is 0 Å². The van der Waals surface area contributed by atoms with Gasteiger partial charge in [-0.3, -0.25) is 0 Å². The van der Waals surface area contributed by atoms with Crippen molar-refractivity contribution in [2.24, 2.45) is 17.1 Å². The van der Waals surface area contributed by atoms with Crippen molar-refractivity contribution in [1.29, 1.82) is 0 Å². The lowest BCUT2D eigenvalue weighted by atomic mass is 9.99. The molecule has 1 heterocycles. The summed E-state index contributed by atoms with van der Waals surface area (Å²) in [5, 5.41) is 3.44. The molecule has 0 radical (unpaired) electrons. The van der Waals surface area contributed by atoms with Crippen molar-refractivity contribution < 1.29 is 0 Å². The molecule has 3 atom stereocenters. The first kappa shape index (κ1) is 7.56. The summed E-state index contributed by atoms with van der Waals surface area (Å²) in [6.07, 6.45) is 4.06. The molecular weight excluding hydrogens is 136 g/mol. The number of nitrogens with two attached hydrogens (primary N) is 1. The molecule has 64 valence electrons. The van der Waals surface area contributed by atoms with E-state index >= 15 is 0 Å². The highest BCUT2D eigenvalue weighted by atomic mass is 15.0. The normalized spacial score (nSPS) is 44.7. The monoisotopic (exact) mass is 154 g/mol. The predicted octanol–water partition coefficient (Wildman–Crippen LogP) is 0.723. The van der Waals surface area contributed by atoms with Crippen molar-refractivity contribution in [2.45, 2.75) is 32.2 Å². The number of hydrogen-bond donors (Lipinski definition) is 2. The lowest BCUT2D eigenvalue weighted by molar-refractivity contribution is 0.460. The van der Waals surface area contributed by atoms with Crippen LogP contribution in [0, 0.1) is 11.3 Å². The SMILES string of the molecule is CC(N)CC1CC12CCNC2. The second-order valence-corrected chi connectivity index (χ2v) is 4.40. The number of rotatable bonds is 2. The third kappa shape index (κ3) is 1.30. The third-order valence-corrected chi connectivity index (χ3v) is 3.29. The van der Waals surface area contributed by atoms with Gasteiger partial charge in [0.05, 0.1) is 0 Å². The van der Waals surface area contributed by atoms with Crippen LogP contribution in [0.3, 0.4) is 0 Å². The summed E-state index contributed by atoms with van der Waals surface area (Å²) >= 11 is 0. The molecule has 0 aromatic carbocycles. The van der Waals surface area contributed by atoms with E-state index in [0.29, 0.717) is 11.5 Å². The van der Waals surface area contributed by atoms with Gasteiger partial charge in [0, 0.05) is 12.6 Å². The smallest absolute Gasteiger partial charge is 0.00133 e. The van der Waals surface area contributed by atoms with E-state index in [-0.39, 0.29) is 0 Å². The Balaban J connectivity index is 1.84. The van der Waals surface area contributed by atoms with Gasteiger partial charge in [-0.2, -0.15) is 0 Å². The van der Waals surface area contributed by atoms with E-state index < -0.39 is 0 Å². The van der Waals surface area contributed by atoms with Crippen LogP contribution in [0.25, 0.3) is 0 Å². The fraction of sp³-hybridized carbons (Fsp3) is 1.00. The van der Waals surface area contributed by atoms with Gasteiger partial charge in [-0.1, -0.05) is 0 Å². The molecule has 2 heteroatoms. The van der Waals surface area contributed by atoms with Gasteiger partial charge >= 0.3 is 0 Å². The van der Waals surface area contributed by atoms with E-state index in [1.165, 1.54) is 32.4 Å². The Morgan fingerprint density at radius 2 is 2.55 bits per heavy atom. The number of hydrogen-bond acceptors (Lipinski definition) is 2. The van der Waals surface area contributed by atoms with Crippen molar-refractivity contribution in [2.75, 3.05) is 13.1 Å². The van der Waals surface area contributed by atoms with Crippen LogP contribution in [0.15, 0.2) is 0 Å². The summed E-state index contributed by atoms with van der Waals surface area (Å²) in [4.78, 5) is 0. The zero-order valence-corrected chi connectivity index (χ0v) is 7.27. The number of nitrogens with one attached hydrogen (secondary N) is 1. The molecule has 2 rings (SSSR count). The summed E-state index contributed by atoms with van der Waals surface area (Å²) in [5.74, 6) is 0.942. The summed E-state index contributed by atoms with van der Waals surface area (Å²) in [6, 6.07) is 0.403. The van der Waals surface area contributed by atoms with Crippen LogP contribution in [0.5, 0.6) is 0 Å². The second kappa shape index (κ2) is 2.46. The van der Waals surface area contributed by atoms with Gasteiger partial charge in [0.15, 0.2) is 0 Å². The molecule has 1 aliphatic heterocycles. The average Bonchev–Trinajstić information content (AvgIpc) is 2.43. The maximum atomic E-state index is 5.76. The second-order valence-electron chi connectivity index (χ2n) is 4.40. The minimum atomic E-state index is 0.403. The molecule has 3 unspecified atom stereocenters. The zero-order valence-electron chi connectivity index (χ0n) is 7.27. The molecule has 0 aromatic rings. The van der Waals surface area contributed by atoms with Crippen LogP contribution in [-0.4, -0.2) is 19.1 Å². The van der Waals surface area contributed by atoms with Gasteiger partial charge in [0.2, 0.25) is 0 Å². The molecule has 0 bridgehead atoms. The quantitative estimate of drug-likeness (QED) is 0.615. The maximum absolute atomic E-state index is 5.76. The Labute approximate surface area is 68.5 Å². The Bertz CT molecular complexity index is 148. The van der Waals surface area contributed by atoms with Crippen LogP contribution in [0.2, 0.25) is 0 Å². The Morgan fingerprint density at radius 1 is 1.73 bits per heavy atom. The largest absolute Gasteiger partial charge is 0.328 e. The molecule has 1 saturated heterocycles. The van der Waals surface area contributed by atoms with E-state index in [1.54, 1.807) is 0 Å². The average molecular weight is 154 g/mol. The highest BCUT2D eigenvalue weighted by Gasteiger charge is 2.54. The third-order valence-electron chi connectivity index (χ3n) is 3.29. The highest BCUT2D eigenvalue weighted by Crippen LogP contribution is 2.58. The van der Waals surface area contributed by atoms with Crippen LogP contribution in [-0.2, 0) is 0 Å². The van der Waals surface area contributed by atoms with Gasteiger partial charge < -0.3 is 11.1 Å². The first-order valence-electron chi connectivity index (χ1n) is 4.69. The molecular formula is C9H18N2.